The molecule has 1 aliphatic rings. The van der Waals surface area contributed by atoms with Gasteiger partial charge in [0.2, 0.25) is 0 Å². The van der Waals surface area contributed by atoms with Crippen LogP contribution in [0.25, 0.3) is 33.1 Å². The smallest absolute Gasteiger partial charge is 0.160 e. The van der Waals surface area contributed by atoms with E-state index in [4.69, 9.17) is 14.7 Å². The Morgan fingerprint density at radius 1 is 0.926 bits per heavy atom. The van der Waals surface area contributed by atoms with Gasteiger partial charge < -0.3 is 9.30 Å². The van der Waals surface area contributed by atoms with Crippen molar-refractivity contribution in [3.8, 4) is 0 Å². The fourth-order valence-electron chi connectivity index (χ4n) is 3.99. The van der Waals surface area contributed by atoms with Crippen LogP contribution in [0.1, 0.15) is 11.1 Å². The Labute approximate surface area is 158 Å². The van der Waals surface area contributed by atoms with E-state index in [1.807, 2.05) is 0 Å². The average Bonchev–Trinajstić information content (AvgIpc) is 2.99. The normalized spacial score (nSPS) is 15.9. The first-order valence-electron chi connectivity index (χ1n) is 9.67. The molecular formula is C22H24N4O. The van der Waals surface area contributed by atoms with Gasteiger partial charge in [-0.15, -0.1) is 0 Å². The topological polar surface area (TPSA) is 43.2 Å². The molecule has 0 atom stereocenters. The predicted octanol–water partition coefficient (Wildman–Crippen LogP) is 3.69. The fraction of sp³-hybridized carbons (Fsp3) is 0.364. The Balaban J connectivity index is 1.66. The number of hydrogen-bond acceptors (Lipinski definition) is 4. The Bertz CT molecular complexity index is 1140. The second-order valence-electron chi connectivity index (χ2n) is 7.44. The Kier molecular flexibility index (Phi) is 4.06. The molecule has 5 rings (SSSR count). The van der Waals surface area contributed by atoms with Crippen LogP contribution >= 0.6 is 0 Å². The van der Waals surface area contributed by atoms with Crippen LogP contribution in [-0.4, -0.2) is 52.3 Å². The largest absolute Gasteiger partial charge is 0.379 e. The first-order chi connectivity index (χ1) is 13.2. The van der Waals surface area contributed by atoms with Crippen LogP contribution < -0.4 is 0 Å². The van der Waals surface area contributed by atoms with Gasteiger partial charge in [0.25, 0.3) is 0 Å². The molecule has 4 aromatic rings. The lowest BCUT2D eigenvalue weighted by atomic mass is 10.1. The summed E-state index contributed by atoms with van der Waals surface area (Å²) in [5.74, 6) is 0. The van der Waals surface area contributed by atoms with Gasteiger partial charge >= 0.3 is 0 Å². The summed E-state index contributed by atoms with van der Waals surface area (Å²) in [5, 5.41) is 1.18. The van der Waals surface area contributed by atoms with Crippen molar-refractivity contribution >= 4 is 33.1 Å². The highest BCUT2D eigenvalue weighted by Gasteiger charge is 2.16. The van der Waals surface area contributed by atoms with Crippen molar-refractivity contribution in [1.82, 2.24) is 19.4 Å². The summed E-state index contributed by atoms with van der Waals surface area (Å²) in [6.45, 7) is 9.85. The van der Waals surface area contributed by atoms with E-state index in [2.05, 4.69) is 59.7 Å². The summed E-state index contributed by atoms with van der Waals surface area (Å²) >= 11 is 0. The monoisotopic (exact) mass is 360 g/mol. The van der Waals surface area contributed by atoms with Crippen molar-refractivity contribution in [3.63, 3.8) is 0 Å². The molecule has 0 unspecified atom stereocenters. The molecule has 0 aliphatic carbocycles. The molecule has 0 radical (unpaired) electrons. The highest BCUT2D eigenvalue weighted by Crippen LogP contribution is 2.29. The number of hydrogen-bond donors (Lipinski definition) is 0. The van der Waals surface area contributed by atoms with E-state index in [-0.39, 0.29) is 0 Å². The number of benzene rings is 2. The maximum atomic E-state index is 5.48. The SMILES string of the molecule is Cc1cc2nc3c4ccccc4n(CCN4CCOCC4)c3nc2cc1C. The number of ether oxygens (including phenoxy) is 1. The molecular weight excluding hydrogens is 336 g/mol. The van der Waals surface area contributed by atoms with E-state index in [1.54, 1.807) is 0 Å². The van der Waals surface area contributed by atoms with Gasteiger partial charge in [-0.2, -0.15) is 0 Å². The molecule has 1 fully saturated rings. The number of aryl methyl sites for hydroxylation is 2. The summed E-state index contributed by atoms with van der Waals surface area (Å²) in [5.41, 5.74) is 7.66. The molecule has 2 aromatic carbocycles. The van der Waals surface area contributed by atoms with Crippen LogP contribution in [-0.2, 0) is 11.3 Å². The summed E-state index contributed by atoms with van der Waals surface area (Å²) < 4.78 is 7.81. The number of para-hydroxylation sites is 1. The van der Waals surface area contributed by atoms with E-state index in [0.29, 0.717) is 0 Å². The maximum absolute atomic E-state index is 5.48. The van der Waals surface area contributed by atoms with Gasteiger partial charge in [-0.1, -0.05) is 18.2 Å². The van der Waals surface area contributed by atoms with Gasteiger partial charge in [0, 0.05) is 31.6 Å². The van der Waals surface area contributed by atoms with E-state index in [1.165, 1.54) is 22.0 Å². The van der Waals surface area contributed by atoms with Crippen molar-refractivity contribution in [3.05, 3.63) is 47.5 Å². The molecule has 138 valence electrons. The van der Waals surface area contributed by atoms with Crippen LogP contribution in [0.3, 0.4) is 0 Å². The van der Waals surface area contributed by atoms with Crippen molar-refractivity contribution in [2.24, 2.45) is 0 Å². The van der Waals surface area contributed by atoms with Crippen molar-refractivity contribution < 1.29 is 4.74 Å². The fourth-order valence-corrected chi connectivity index (χ4v) is 3.99. The predicted molar refractivity (Wildman–Crippen MR) is 109 cm³/mol. The summed E-state index contributed by atoms with van der Waals surface area (Å²) in [6.07, 6.45) is 0. The highest BCUT2D eigenvalue weighted by atomic mass is 16.5. The van der Waals surface area contributed by atoms with Crippen molar-refractivity contribution in [2.75, 3.05) is 32.8 Å². The molecule has 1 aliphatic heterocycles. The minimum absolute atomic E-state index is 0.830. The third-order valence-corrected chi connectivity index (χ3v) is 5.71. The third-order valence-electron chi connectivity index (χ3n) is 5.71. The third kappa shape index (κ3) is 2.87. The van der Waals surface area contributed by atoms with Gasteiger partial charge in [-0.3, -0.25) is 4.90 Å². The van der Waals surface area contributed by atoms with Gasteiger partial charge in [-0.05, 0) is 43.2 Å². The van der Waals surface area contributed by atoms with Gasteiger partial charge in [0.05, 0.1) is 29.8 Å². The number of nitrogens with zero attached hydrogens (tertiary/aromatic N) is 4. The molecule has 2 aromatic heterocycles. The summed E-state index contributed by atoms with van der Waals surface area (Å²) in [7, 11) is 0. The number of morpholine rings is 1. The average molecular weight is 360 g/mol. The van der Waals surface area contributed by atoms with Crippen LogP contribution in [0.2, 0.25) is 0 Å². The molecule has 0 spiro atoms. The zero-order chi connectivity index (χ0) is 18.4. The van der Waals surface area contributed by atoms with Crippen molar-refractivity contribution in [2.45, 2.75) is 20.4 Å². The number of aromatic nitrogens is 3. The van der Waals surface area contributed by atoms with Gasteiger partial charge in [-0.25, -0.2) is 9.97 Å². The van der Waals surface area contributed by atoms with E-state index >= 15 is 0 Å². The van der Waals surface area contributed by atoms with Crippen LogP contribution in [0, 0.1) is 13.8 Å². The zero-order valence-electron chi connectivity index (χ0n) is 15.9. The zero-order valence-corrected chi connectivity index (χ0v) is 15.9. The lowest BCUT2D eigenvalue weighted by Gasteiger charge is -2.26. The molecule has 5 nitrogen and oxygen atoms in total. The number of rotatable bonds is 3. The molecule has 5 heteroatoms. The lowest BCUT2D eigenvalue weighted by Crippen LogP contribution is -2.38. The van der Waals surface area contributed by atoms with E-state index in [9.17, 15) is 0 Å². The highest BCUT2D eigenvalue weighted by molar-refractivity contribution is 6.06. The molecule has 1 saturated heterocycles. The summed E-state index contributed by atoms with van der Waals surface area (Å²) in [6, 6.07) is 12.8. The molecule has 0 N–H and O–H groups in total. The lowest BCUT2D eigenvalue weighted by molar-refractivity contribution is 0.0366. The second-order valence-corrected chi connectivity index (χ2v) is 7.44. The first-order valence-corrected chi connectivity index (χ1v) is 9.67. The minimum Gasteiger partial charge on any atom is -0.379 e. The molecule has 3 heterocycles. The summed E-state index contributed by atoms with van der Waals surface area (Å²) in [4.78, 5) is 12.5. The van der Waals surface area contributed by atoms with Gasteiger partial charge in [0.1, 0.15) is 5.52 Å². The Hall–Kier alpha value is -2.50. The maximum Gasteiger partial charge on any atom is 0.160 e. The standard InChI is InChI=1S/C22H24N4O/c1-15-13-18-19(14-16(15)2)24-22-21(23-18)17-5-3-4-6-20(17)26(22)8-7-25-9-11-27-12-10-25/h3-6,13-14H,7-12H2,1-2H3. The Morgan fingerprint density at radius 3 is 2.41 bits per heavy atom. The quantitative estimate of drug-likeness (QED) is 0.559. The molecule has 0 saturated carbocycles. The van der Waals surface area contributed by atoms with Crippen molar-refractivity contribution in [1.29, 1.82) is 0 Å². The number of fused-ring (bicyclic) bond motifs is 4. The van der Waals surface area contributed by atoms with E-state index < -0.39 is 0 Å². The first kappa shape index (κ1) is 16.7. The molecule has 0 amide bonds. The Morgan fingerprint density at radius 2 is 1.63 bits per heavy atom. The molecule has 0 bridgehead atoms. The van der Waals surface area contributed by atoms with Crippen LogP contribution in [0.15, 0.2) is 36.4 Å². The minimum atomic E-state index is 0.830. The molecule has 27 heavy (non-hydrogen) atoms. The van der Waals surface area contributed by atoms with Crippen LogP contribution in [0.5, 0.6) is 0 Å². The van der Waals surface area contributed by atoms with Crippen LogP contribution in [0.4, 0.5) is 0 Å². The van der Waals surface area contributed by atoms with Gasteiger partial charge in [0.15, 0.2) is 5.65 Å². The second kappa shape index (κ2) is 6.59. The van der Waals surface area contributed by atoms with E-state index in [0.717, 1.165) is 61.6 Å².